The van der Waals surface area contributed by atoms with Crippen molar-refractivity contribution in [2.24, 2.45) is 0 Å². The number of hydrogen-bond acceptors (Lipinski definition) is 6. The fourth-order valence-corrected chi connectivity index (χ4v) is 4.59. The number of esters is 3. The van der Waals surface area contributed by atoms with Crippen LogP contribution in [0.1, 0.15) is 131 Å². The van der Waals surface area contributed by atoms with Gasteiger partial charge in [-0.15, -0.1) is 0 Å². The zero-order valence-corrected chi connectivity index (χ0v) is 26.0. The minimum atomic E-state index is -4.82. The molecule has 0 saturated heterocycles. The summed E-state index contributed by atoms with van der Waals surface area (Å²) >= 11 is 0. The average molecular weight is 643 g/mol. The van der Waals surface area contributed by atoms with Gasteiger partial charge in [-0.3, -0.25) is 4.79 Å². The molecule has 0 fully saturated rings. The highest BCUT2D eigenvalue weighted by atomic mass is 19.4. The van der Waals surface area contributed by atoms with Crippen molar-refractivity contribution in [3.8, 4) is 11.5 Å². The summed E-state index contributed by atoms with van der Waals surface area (Å²) in [6.07, 6.45) is 3.96. The Morgan fingerprint density at radius 1 is 0.689 bits per heavy atom. The molecule has 45 heavy (non-hydrogen) atoms. The van der Waals surface area contributed by atoms with Crippen molar-refractivity contribution < 1.29 is 50.5 Å². The molecule has 0 radical (unpaired) electrons. The lowest BCUT2D eigenvalue weighted by atomic mass is 10.1. The van der Waals surface area contributed by atoms with E-state index >= 15 is 0 Å². The smallest absolute Gasteiger partial charge is 0.425 e. The van der Waals surface area contributed by atoms with Crippen LogP contribution in [-0.4, -0.2) is 30.2 Å². The van der Waals surface area contributed by atoms with Crippen LogP contribution in [0.2, 0.25) is 0 Å². The number of ether oxygens (including phenoxy) is 3. The van der Waals surface area contributed by atoms with Crippen LogP contribution in [0.25, 0.3) is 0 Å². The summed E-state index contributed by atoms with van der Waals surface area (Å²) in [5, 5.41) is 0. The van der Waals surface area contributed by atoms with Gasteiger partial charge in [0.1, 0.15) is 11.6 Å². The second-order valence-electron chi connectivity index (χ2n) is 11.0. The largest absolute Gasteiger partial charge is 0.449 e. The topological polar surface area (TPSA) is 78.9 Å². The van der Waals surface area contributed by atoms with Crippen LogP contribution in [0.4, 0.5) is 22.0 Å². The van der Waals surface area contributed by atoms with Gasteiger partial charge in [0.05, 0.1) is 11.1 Å². The first-order valence-corrected chi connectivity index (χ1v) is 15.8. The van der Waals surface area contributed by atoms with Gasteiger partial charge in [0.15, 0.2) is 17.7 Å². The molecular weight excluding hydrogens is 599 g/mol. The van der Waals surface area contributed by atoms with E-state index in [1.54, 1.807) is 0 Å². The number of benzene rings is 2. The Bertz CT molecular complexity index is 1230. The monoisotopic (exact) mass is 642 g/mol. The Kier molecular flexibility index (Phi) is 16.6. The molecule has 2 aromatic carbocycles. The van der Waals surface area contributed by atoms with Crippen LogP contribution in [0.3, 0.4) is 0 Å². The first-order valence-electron chi connectivity index (χ1n) is 15.8. The third-order valence-electron chi connectivity index (χ3n) is 7.18. The molecule has 0 spiro atoms. The summed E-state index contributed by atoms with van der Waals surface area (Å²) in [6, 6.07) is 5.53. The van der Waals surface area contributed by atoms with E-state index in [-0.39, 0.29) is 29.9 Å². The van der Waals surface area contributed by atoms with Crippen molar-refractivity contribution in [1.82, 2.24) is 0 Å². The summed E-state index contributed by atoms with van der Waals surface area (Å²) in [6.45, 7) is 4.15. The van der Waals surface area contributed by atoms with E-state index in [0.717, 1.165) is 88.1 Å². The van der Waals surface area contributed by atoms with Gasteiger partial charge in [-0.1, -0.05) is 84.5 Å². The van der Waals surface area contributed by atoms with Crippen LogP contribution in [0, 0.1) is 11.6 Å². The highest BCUT2D eigenvalue weighted by Crippen LogP contribution is 2.29. The lowest BCUT2D eigenvalue weighted by molar-refractivity contribution is -0.206. The molecule has 250 valence electrons. The highest BCUT2D eigenvalue weighted by Gasteiger charge is 2.42. The summed E-state index contributed by atoms with van der Waals surface area (Å²) in [5.41, 5.74) is -1.04. The standard InChI is InChI=1S/C34H43F5O6/c1-3-5-7-9-11-13-15-17-31(40)44-29-21-18-24(22-28(29)36)32(41)43-25-19-20-26(27(35)23-25)33(42)45-30(34(37,38)39)16-14-12-10-8-6-4-2/h18-23,30H,3-17H2,1-2H3. The Labute approximate surface area is 261 Å². The molecular formula is C34H43F5O6. The van der Waals surface area contributed by atoms with Gasteiger partial charge in [0.2, 0.25) is 0 Å². The van der Waals surface area contributed by atoms with Crippen molar-refractivity contribution in [2.45, 2.75) is 122 Å². The van der Waals surface area contributed by atoms with E-state index in [1.165, 1.54) is 6.42 Å². The minimum Gasteiger partial charge on any atom is -0.449 e. The summed E-state index contributed by atoms with van der Waals surface area (Å²) in [5.74, 6) is -6.17. The van der Waals surface area contributed by atoms with Crippen molar-refractivity contribution in [2.75, 3.05) is 0 Å². The zero-order valence-electron chi connectivity index (χ0n) is 26.0. The summed E-state index contributed by atoms with van der Waals surface area (Å²) in [7, 11) is 0. The molecule has 0 amide bonds. The van der Waals surface area contributed by atoms with E-state index < -0.39 is 53.8 Å². The van der Waals surface area contributed by atoms with Crippen LogP contribution in [0.5, 0.6) is 11.5 Å². The van der Waals surface area contributed by atoms with Crippen molar-refractivity contribution in [1.29, 1.82) is 0 Å². The Balaban J connectivity index is 1.91. The molecule has 0 saturated carbocycles. The molecule has 6 nitrogen and oxygen atoms in total. The van der Waals surface area contributed by atoms with E-state index in [9.17, 15) is 36.3 Å². The number of halogens is 5. The molecule has 0 heterocycles. The van der Waals surface area contributed by atoms with Crippen LogP contribution < -0.4 is 9.47 Å². The van der Waals surface area contributed by atoms with Gasteiger partial charge in [-0.2, -0.15) is 13.2 Å². The molecule has 2 rings (SSSR count). The maximum atomic E-state index is 14.7. The number of alkyl halides is 3. The van der Waals surface area contributed by atoms with Gasteiger partial charge in [-0.25, -0.2) is 18.4 Å². The van der Waals surface area contributed by atoms with Gasteiger partial charge >= 0.3 is 24.1 Å². The third-order valence-corrected chi connectivity index (χ3v) is 7.18. The van der Waals surface area contributed by atoms with Gasteiger partial charge < -0.3 is 14.2 Å². The predicted octanol–water partition coefficient (Wildman–Crippen LogP) is 10.1. The molecule has 0 aliphatic heterocycles. The number of carbonyl (C=O) groups is 3. The average Bonchev–Trinajstić information content (AvgIpc) is 2.98. The first-order chi connectivity index (χ1) is 21.5. The second-order valence-corrected chi connectivity index (χ2v) is 11.0. The van der Waals surface area contributed by atoms with Crippen molar-refractivity contribution in [3.63, 3.8) is 0 Å². The SMILES string of the molecule is CCCCCCCCCC(=O)Oc1ccc(C(=O)Oc2ccc(C(=O)OC(CCCCCCCC)C(F)(F)F)c(F)c2)cc1F. The van der Waals surface area contributed by atoms with Gasteiger partial charge in [-0.05, 0) is 49.6 Å². The van der Waals surface area contributed by atoms with Crippen LogP contribution in [0.15, 0.2) is 36.4 Å². The van der Waals surface area contributed by atoms with E-state index in [2.05, 4.69) is 11.7 Å². The van der Waals surface area contributed by atoms with Crippen molar-refractivity contribution in [3.05, 3.63) is 59.2 Å². The fraction of sp³-hybridized carbons (Fsp3) is 0.559. The molecule has 1 unspecified atom stereocenters. The second kappa shape index (κ2) is 19.8. The quantitative estimate of drug-likeness (QED) is 0.0619. The van der Waals surface area contributed by atoms with Crippen LogP contribution >= 0.6 is 0 Å². The molecule has 2 aromatic rings. The molecule has 1 atom stereocenters. The fourth-order valence-electron chi connectivity index (χ4n) is 4.59. The van der Waals surface area contributed by atoms with E-state index in [4.69, 9.17) is 9.47 Å². The Morgan fingerprint density at radius 3 is 1.87 bits per heavy atom. The van der Waals surface area contributed by atoms with Crippen LogP contribution in [-0.2, 0) is 9.53 Å². The molecule has 0 N–H and O–H groups in total. The molecule has 0 aromatic heterocycles. The highest BCUT2D eigenvalue weighted by molar-refractivity contribution is 5.92. The van der Waals surface area contributed by atoms with E-state index in [0.29, 0.717) is 18.9 Å². The molecule has 0 bridgehead atoms. The summed E-state index contributed by atoms with van der Waals surface area (Å²) < 4.78 is 84.2. The maximum absolute atomic E-state index is 14.7. The van der Waals surface area contributed by atoms with Gasteiger partial charge in [0, 0.05) is 12.5 Å². The van der Waals surface area contributed by atoms with Gasteiger partial charge in [0.25, 0.3) is 0 Å². The third kappa shape index (κ3) is 14.0. The Hall–Kier alpha value is -3.50. The number of rotatable bonds is 20. The van der Waals surface area contributed by atoms with Crippen molar-refractivity contribution >= 4 is 17.9 Å². The molecule has 11 heteroatoms. The summed E-state index contributed by atoms with van der Waals surface area (Å²) in [4.78, 5) is 36.9. The Morgan fingerprint density at radius 2 is 1.29 bits per heavy atom. The zero-order chi connectivity index (χ0) is 33.2. The maximum Gasteiger partial charge on any atom is 0.425 e. The predicted molar refractivity (Wildman–Crippen MR) is 159 cm³/mol. The number of unbranched alkanes of at least 4 members (excludes halogenated alkanes) is 11. The number of carbonyl (C=O) groups excluding carboxylic acids is 3. The number of hydrogen-bond donors (Lipinski definition) is 0. The minimum absolute atomic E-state index is 0.127. The molecule has 0 aliphatic carbocycles. The first kappa shape index (κ1) is 37.7. The van der Waals surface area contributed by atoms with E-state index in [1.807, 2.05) is 6.92 Å². The normalized spacial score (nSPS) is 12.1. The molecule has 0 aliphatic rings. The lowest BCUT2D eigenvalue weighted by Crippen LogP contribution is -2.34. The lowest BCUT2D eigenvalue weighted by Gasteiger charge is -2.21.